The van der Waals surface area contributed by atoms with Crippen LogP contribution in [0.3, 0.4) is 0 Å². The van der Waals surface area contributed by atoms with Gasteiger partial charge in [0.15, 0.2) is 5.69 Å². The Bertz CT molecular complexity index is 951. The lowest BCUT2D eigenvalue weighted by atomic mass is 10.2. The van der Waals surface area contributed by atoms with Crippen LogP contribution in [0, 0.1) is 6.92 Å². The first-order valence-corrected chi connectivity index (χ1v) is 8.11. The molecule has 1 heterocycles. The van der Waals surface area contributed by atoms with Crippen molar-refractivity contribution in [2.75, 3.05) is 0 Å². The van der Waals surface area contributed by atoms with Crippen LogP contribution < -0.4 is 10.7 Å². The van der Waals surface area contributed by atoms with Gasteiger partial charge >= 0.3 is 0 Å². The van der Waals surface area contributed by atoms with Gasteiger partial charge in [-0.15, -0.1) is 0 Å². The predicted octanol–water partition coefficient (Wildman–Crippen LogP) is 3.12. The molecule has 5 nitrogen and oxygen atoms in total. The summed E-state index contributed by atoms with van der Waals surface area (Å²) in [5.41, 5.74) is 1.78. The molecule has 0 aliphatic heterocycles. The van der Waals surface area contributed by atoms with Crippen molar-refractivity contribution in [1.29, 1.82) is 0 Å². The Labute approximate surface area is 149 Å². The molecule has 0 spiro atoms. The number of aromatic nitrogens is 2. The molecule has 0 fully saturated rings. The third kappa shape index (κ3) is 3.95. The second kappa shape index (κ2) is 7.32. The fourth-order valence-corrected chi connectivity index (χ4v) is 2.53. The molecule has 0 radical (unpaired) electrons. The molecule has 0 aliphatic carbocycles. The first-order chi connectivity index (χ1) is 12.0. The number of carbonyl (C=O) groups excluding carboxylic acids is 1. The third-order valence-corrected chi connectivity index (χ3v) is 3.94. The Morgan fingerprint density at radius 2 is 1.80 bits per heavy atom. The maximum Gasteiger partial charge on any atom is 0.276 e. The van der Waals surface area contributed by atoms with E-state index in [0.717, 1.165) is 11.3 Å². The summed E-state index contributed by atoms with van der Waals surface area (Å²) in [5, 5.41) is 7.58. The minimum Gasteiger partial charge on any atom is -0.346 e. The number of amides is 1. The van der Waals surface area contributed by atoms with Crippen LogP contribution in [0.5, 0.6) is 0 Å². The van der Waals surface area contributed by atoms with E-state index in [0.29, 0.717) is 10.7 Å². The summed E-state index contributed by atoms with van der Waals surface area (Å²) in [6.07, 6.45) is 0. The summed E-state index contributed by atoms with van der Waals surface area (Å²) in [6, 6.07) is 17.9. The van der Waals surface area contributed by atoms with Gasteiger partial charge in [0.2, 0.25) is 5.43 Å². The number of rotatable bonds is 4. The zero-order valence-corrected chi connectivity index (χ0v) is 14.3. The standard InChI is InChI=1S/C19H16ClN3O2/c1-13-11-17(24)18(22-23(13)16-5-3-2-4-6-16)19(25)21-12-14-7-9-15(20)10-8-14/h2-11H,12H2,1H3,(H,21,25). The van der Waals surface area contributed by atoms with Gasteiger partial charge in [0.05, 0.1) is 5.69 Å². The van der Waals surface area contributed by atoms with E-state index >= 15 is 0 Å². The lowest BCUT2D eigenvalue weighted by Gasteiger charge is -2.11. The zero-order chi connectivity index (χ0) is 17.8. The molecule has 0 unspecified atom stereocenters. The predicted molar refractivity (Wildman–Crippen MR) is 97.2 cm³/mol. The lowest BCUT2D eigenvalue weighted by Crippen LogP contribution is -2.31. The van der Waals surface area contributed by atoms with Crippen LogP contribution >= 0.6 is 11.6 Å². The fraction of sp³-hybridized carbons (Fsp3) is 0.105. The number of aryl methyl sites for hydroxylation is 1. The van der Waals surface area contributed by atoms with E-state index in [4.69, 9.17) is 11.6 Å². The van der Waals surface area contributed by atoms with Gasteiger partial charge in [0, 0.05) is 23.3 Å². The smallest absolute Gasteiger partial charge is 0.276 e. The van der Waals surface area contributed by atoms with E-state index in [1.54, 1.807) is 23.7 Å². The van der Waals surface area contributed by atoms with E-state index in [2.05, 4.69) is 10.4 Å². The topological polar surface area (TPSA) is 64.0 Å². The van der Waals surface area contributed by atoms with Crippen molar-refractivity contribution in [3.63, 3.8) is 0 Å². The van der Waals surface area contributed by atoms with E-state index in [9.17, 15) is 9.59 Å². The van der Waals surface area contributed by atoms with Gasteiger partial charge in [-0.2, -0.15) is 5.10 Å². The molecule has 1 aromatic heterocycles. The van der Waals surface area contributed by atoms with Crippen LogP contribution in [0.4, 0.5) is 0 Å². The van der Waals surface area contributed by atoms with Crippen LogP contribution in [-0.4, -0.2) is 15.7 Å². The Morgan fingerprint density at radius 3 is 2.48 bits per heavy atom. The van der Waals surface area contributed by atoms with E-state index < -0.39 is 11.3 Å². The molecule has 0 aliphatic rings. The summed E-state index contributed by atoms with van der Waals surface area (Å²) < 4.78 is 1.58. The van der Waals surface area contributed by atoms with Crippen LogP contribution in [-0.2, 0) is 6.54 Å². The van der Waals surface area contributed by atoms with Gasteiger partial charge in [0.1, 0.15) is 0 Å². The molecule has 0 atom stereocenters. The van der Waals surface area contributed by atoms with Crippen LogP contribution in [0.15, 0.2) is 65.5 Å². The molecule has 3 rings (SSSR count). The largest absolute Gasteiger partial charge is 0.346 e. The summed E-state index contributed by atoms with van der Waals surface area (Å²) in [7, 11) is 0. The first-order valence-electron chi connectivity index (χ1n) is 7.73. The maximum absolute atomic E-state index is 12.4. The summed E-state index contributed by atoms with van der Waals surface area (Å²) in [4.78, 5) is 24.6. The number of nitrogens with zero attached hydrogens (tertiary/aromatic N) is 2. The molecule has 2 aromatic carbocycles. The van der Waals surface area contributed by atoms with Gasteiger partial charge in [-0.3, -0.25) is 9.59 Å². The minimum atomic E-state index is -0.510. The summed E-state index contributed by atoms with van der Waals surface area (Å²) in [5.74, 6) is -0.510. The molecule has 0 bridgehead atoms. The highest BCUT2D eigenvalue weighted by atomic mass is 35.5. The molecule has 1 N–H and O–H groups in total. The number of nitrogens with one attached hydrogen (secondary N) is 1. The van der Waals surface area contributed by atoms with Gasteiger partial charge in [-0.1, -0.05) is 41.9 Å². The number of hydrogen-bond acceptors (Lipinski definition) is 3. The maximum atomic E-state index is 12.4. The van der Waals surface area contributed by atoms with Gasteiger partial charge in [0.25, 0.3) is 5.91 Å². The average Bonchev–Trinajstić information content (AvgIpc) is 2.62. The summed E-state index contributed by atoms with van der Waals surface area (Å²) in [6.45, 7) is 2.06. The van der Waals surface area contributed by atoms with Gasteiger partial charge in [-0.05, 0) is 36.8 Å². The minimum absolute atomic E-state index is 0.136. The van der Waals surface area contributed by atoms with E-state index in [1.165, 1.54) is 6.07 Å². The molecule has 1 amide bonds. The molecule has 126 valence electrons. The van der Waals surface area contributed by atoms with Crippen LogP contribution in [0.2, 0.25) is 5.02 Å². The number of carbonyl (C=O) groups is 1. The highest BCUT2D eigenvalue weighted by Crippen LogP contribution is 2.10. The van der Waals surface area contributed by atoms with Crippen molar-refractivity contribution in [1.82, 2.24) is 15.1 Å². The number of para-hydroxylation sites is 1. The van der Waals surface area contributed by atoms with Crippen molar-refractivity contribution in [3.8, 4) is 5.69 Å². The van der Waals surface area contributed by atoms with Crippen molar-refractivity contribution >= 4 is 17.5 Å². The van der Waals surface area contributed by atoms with Gasteiger partial charge in [-0.25, -0.2) is 4.68 Å². The Kier molecular flexibility index (Phi) is 4.95. The summed E-state index contributed by atoms with van der Waals surface area (Å²) >= 11 is 5.84. The monoisotopic (exact) mass is 353 g/mol. The second-order valence-corrected chi connectivity index (χ2v) is 5.99. The Balaban J connectivity index is 1.85. The van der Waals surface area contributed by atoms with Crippen molar-refractivity contribution in [3.05, 3.63) is 92.9 Å². The SMILES string of the molecule is Cc1cc(=O)c(C(=O)NCc2ccc(Cl)cc2)nn1-c1ccccc1. The van der Waals surface area contributed by atoms with Crippen molar-refractivity contribution in [2.45, 2.75) is 13.5 Å². The third-order valence-electron chi connectivity index (χ3n) is 3.69. The zero-order valence-electron chi connectivity index (χ0n) is 13.6. The quantitative estimate of drug-likeness (QED) is 0.783. The highest BCUT2D eigenvalue weighted by molar-refractivity contribution is 6.30. The van der Waals surface area contributed by atoms with Crippen LogP contribution in [0.25, 0.3) is 5.69 Å². The second-order valence-electron chi connectivity index (χ2n) is 5.56. The molecule has 0 saturated heterocycles. The normalized spacial score (nSPS) is 10.5. The first kappa shape index (κ1) is 16.9. The van der Waals surface area contributed by atoms with Crippen LogP contribution in [0.1, 0.15) is 21.7 Å². The number of hydrogen-bond donors (Lipinski definition) is 1. The molecule has 6 heteroatoms. The molecule has 3 aromatic rings. The van der Waals surface area contributed by atoms with Crippen molar-refractivity contribution in [2.24, 2.45) is 0 Å². The molecule has 25 heavy (non-hydrogen) atoms. The molecule has 0 saturated carbocycles. The van der Waals surface area contributed by atoms with Gasteiger partial charge < -0.3 is 5.32 Å². The average molecular weight is 354 g/mol. The van der Waals surface area contributed by atoms with E-state index in [-0.39, 0.29) is 12.2 Å². The highest BCUT2D eigenvalue weighted by Gasteiger charge is 2.15. The number of benzene rings is 2. The molecular formula is C19H16ClN3O2. The Hall–Kier alpha value is -2.92. The van der Waals surface area contributed by atoms with E-state index in [1.807, 2.05) is 42.5 Å². The molecular weight excluding hydrogens is 338 g/mol. The van der Waals surface area contributed by atoms with Crippen molar-refractivity contribution < 1.29 is 4.79 Å². The fourth-order valence-electron chi connectivity index (χ4n) is 2.40. The number of halogens is 1. The lowest BCUT2D eigenvalue weighted by molar-refractivity contribution is 0.0943. The Morgan fingerprint density at radius 1 is 1.12 bits per heavy atom.